The molecule has 2 rings (SSSR count). The maximum Gasteiger partial charge on any atom is 0.223 e. The van der Waals surface area contributed by atoms with Gasteiger partial charge in [-0.25, -0.2) is 10.4 Å². The van der Waals surface area contributed by atoms with Crippen molar-refractivity contribution in [3.8, 4) is 0 Å². The van der Waals surface area contributed by atoms with Crippen LogP contribution in [0, 0.1) is 5.92 Å². The Bertz CT molecular complexity index is 318. The molecule has 0 saturated heterocycles. The number of hydrazone groups is 1. The Morgan fingerprint density at radius 3 is 2.92 bits per heavy atom. The van der Waals surface area contributed by atoms with Gasteiger partial charge >= 0.3 is 0 Å². The molecule has 0 radical (unpaired) electrons. The molecule has 4 nitrogen and oxygen atoms in total. The molecular formula is C9H14N4. The molecule has 0 aliphatic heterocycles. The maximum absolute atomic E-state index is 4.27. The highest BCUT2D eigenvalue weighted by Crippen LogP contribution is 2.23. The summed E-state index contributed by atoms with van der Waals surface area (Å²) in [5, 5.41) is 4.27. The molecule has 1 fully saturated rings. The van der Waals surface area contributed by atoms with E-state index in [1.807, 2.05) is 17.8 Å². The van der Waals surface area contributed by atoms with Gasteiger partial charge in [0.25, 0.3) is 0 Å². The van der Waals surface area contributed by atoms with Gasteiger partial charge < -0.3 is 4.57 Å². The summed E-state index contributed by atoms with van der Waals surface area (Å²) in [4.78, 5) is 4.11. The van der Waals surface area contributed by atoms with Gasteiger partial charge in [0.05, 0.1) is 0 Å². The number of hydrogen-bond acceptors (Lipinski definition) is 3. The van der Waals surface area contributed by atoms with E-state index in [1.54, 1.807) is 6.20 Å². The number of aromatic nitrogens is 2. The molecule has 0 unspecified atom stereocenters. The number of hydrogen-bond donors (Lipinski definition) is 1. The van der Waals surface area contributed by atoms with Crippen molar-refractivity contribution in [3.63, 3.8) is 0 Å². The minimum atomic E-state index is 0.798. The summed E-state index contributed by atoms with van der Waals surface area (Å²) >= 11 is 0. The molecule has 70 valence electrons. The smallest absolute Gasteiger partial charge is 0.223 e. The van der Waals surface area contributed by atoms with Gasteiger partial charge in [-0.15, -0.1) is 0 Å². The van der Waals surface area contributed by atoms with Crippen LogP contribution in [-0.4, -0.2) is 15.3 Å². The first-order valence-corrected chi connectivity index (χ1v) is 4.54. The van der Waals surface area contributed by atoms with E-state index in [2.05, 4.69) is 22.4 Å². The third-order valence-corrected chi connectivity index (χ3v) is 2.30. The summed E-state index contributed by atoms with van der Waals surface area (Å²) < 4.78 is 1.91. The van der Waals surface area contributed by atoms with Crippen molar-refractivity contribution in [3.05, 3.63) is 12.4 Å². The van der Waals surface area contributed by atoms with Gasteiger partial charge in [0, 0.05) is 25.2 Å². The third kappa shape index (κ3) is 1.71. The highest BCUT2D eigenvalue weighted by Gasteiger charge is 2.19. The van der Waals surface area contributed by atoms with Crippen LogP contribution in [0.5, 0.6) is 0 Å². The monoisotopic (exact) mass is 178 g/mol. The Morgan fingerprint density at radius 2 is 2.38 bits per heavy atom. The highest BCUT2D eigenvalue weighted by atomic mass is 15.4. The Kier molecular flexibility index (Phi) is 2.04. The summed E-state index contributed by atoms with van der Waals surface area (Å²) in [5.74, 6) is 1.61. The lowest BCUT2D eigenvalue weighted by atomic mass is 9.85. The number of rotatable bonds is 2. The minimum absolute atomic E-state index is 0.798. The van der Waals surface area contributed by atoms with Crippen molar-refractivity contribution in [1.82, 2.24) is 9.55 Å². The normalized spacial score (nSPS) is 21.1. The highest BCUT2D eigenvalue weighted by molar-refractivity contribution is 5.90. The molecule has 1 N–H and O–H groups in total. The van der Waals surface area contributed by atoms with Crippen molar-refractivity contribution in [2.75, 3.05) is 5.43 Å². The Morgan fingerprint density at radius 1 is 1.62 bits per heavy atom. The van der Waals surface area contributed by atoms with Crippen LogP contribution in [-0.2, 0) is 7.05 Å². The van der Waals surface area contributed by atoms with E-state index in [0.29, 0.717) is 0 Å². The summed E-state index contributed by atoms with van der Waals surface area (Å²) in [6, 6.07) is 0. The van der Waals surface area contributed by atoms with Gasteiger partial charge in [-0.05, 0) is 18.8 Å². The molecule has 1 heterocycles. The van der Waals surface area contributed by atoms with Gasteiger partial charge in [-0.3, -0.25) is 0 Å². The lowest BCUT2D eigenvalue weighted by molar-refractivity contribution is 0.554. The zero-order valence-corrected chi connectivity index (χ0v) is 7.99. The SMILES string of the molecule is CC1CC(=NNc2nccn2C)C1. The van der Waals surface area contributed by atoms with E-state index in [0.717, 1.165) is 24.7 Å². The average Bonchev–Trinajstić information content (AvgIpc) is 2.43. The number of aryl methyl sites for hydroxylation is 1. The number of imidazole rings is 1. The van der Waals surface area contributed by atoms with Crippen LogP contribution in [0.3, 0.4) is 0 Å². The quantitative estimate of drug-likeness (QED) is 0.699. The van der Waals surface area contributed by atoms with E-state index < -0.39 is 0 Å². The Hall–Kier alpha value is -1.32. The van der Waals surface area contributed by atoms with Crippen molar-refractivity contribution >= 4 is 11.7 Å². The predicted molar refractivity (Wildman–Crippen MR) is 52.7 cm³/mol. The van der Waals surface area contributed by atoms with Gasteiger partial charge in [0.2, 0.25) is 5.95 Å². The Labute approximate surface area is 77.7 Å². The van der Waals surface area contributed by atoms with Crippen molar-refractivity contribution in [1.29, 1.82) is 0 Å². The van der Waals surface area contributed by atoms with Gasteiger partial charge in [0.15, 0.2) is 0 Å². The second kappa shape index (κ2) is 3.20. The zero-order valence-electron chi connectivity index (χ0n) is 7.99. The van der Waals surface area contributed by atoms with Crippen LogP contribution in [0.15, 0.2) is 17.5 Å². The predicted octanol–water partition coefficient (Wildman–Crippen LogP) is 1.62. The molecule has 1 saturated carbocycles. The molecule has 0 bridgehead atoms. The maximum atomic E-state index is 4.27. The van der Waals surface area contributed by atoms with E-state index in [4.69, 9.17) is 0 Å². The van der Waals surface area contributed by atoms with E-state index >= 15 is 0 Å². The fourth-order valence-electron chi connectivity index (χ4n) is 1.44. The minimum Gasteiger partial charge on any atom is -0.319 e. The van der Waals surface area contributed by atoms with Crippen molar-refractivity contribution in [2.24, 2.45) is 18.1 Å². The number of nitrogens with zero attached hydrogens (tertiary/aromatic N) is 3. The van der Waals surface area contributed by atoms with Gasteiger partial charge in [0.1, 0.15) is 0 Å². The first-order chi connectivity index (χ1) is 6.25. The van der Waals surface area contributed by atoms with Crippen LogP contribution in [0.2, 0.25) is 0 Å². The lowest BCUT2D eigenvalue weighted by Crippen LogP contribution is -2.22. The van der Waals surface area contributed by atoms with E-state index in [1.165, 1.54) is 5.71 Å². The average molecular weight is 178 g/mol. The summed E-state index contributed by atoms with van der Waals surface area (Å²) in [7, 11) is 1.94. The topological polar surface area (TPSA) is 42.2 Å². The molecule has 0 aromatic carbocycles. The summed E-state index contributed by atoms with van der Waals surface area (Å²) in [6.45, 7) is 2.24. The molecule has 1 aliphatic carbocycles. The molecule has 1 aromatic heterocycles. The van der Waals surface area contributed by atoms with Crippen LogP contribution in [0.4, 0.5) is 5.95 Å². The first kappa shape index (κ1) is 8.29. The molecule has 4 heteroatoms. The van der Waals surface area contributed by atoms with E-state index in [9.17, 15) is 0 Å². The number of anilines is 1. The Balaban J connectivity index is 1.93. The number of nitrogens with one attached hydrogen (secondary N) is 1. The van der Waals surface area contributed by atoms with Crippen molar-refractivity contribution < 1.29 is 0 Å². The molecule has 1 aliphatic rings. The molecule has 0 atom stereocenters. The zero-order chi connectivity index (χ0) is 9.26. The van der Waals surface area contributed by atoms with Crippen LogP contribution >= 0.6 is 0 Å². The van der Waals surface area contributed by atoms with Gasteiger partial charge in [-0.2, -0.15) is 5.10 Å². The molecule has 0 amide bonds. The third-order valence-electron chi connectivity index (χ3n) is 2.30. The molecule has 1 aromatic rings. The lowest BCUT2D eigenvalue weighted by Gasteiger charge is -2.23. The van der Waals surface area contributed by atoms with Crippen LogP contribution in [0.1, 0.15) is 19.8 Å². The summed E-state index contributed by atoms with van der Waals surface area (Å²) in [6.07, 6.45) is 5.90. The fraction of sp³-hybridized carbons (Fsp3) is 0.556. The van der Waals surface area contributed by atoms with E-state index in [-0.39, 0.29) is 0 Å². The second-order valence-electron chi connectivity index (χ2n) is 3.67. The standard InChI is InChI=1S/C9H14N4/c1-7-5-8(6-7)11-12-9-10-3-4-13(9)2/h3-4,7H,5-6H2,1-2H3,(H,10,12). The van der Waals surface area contributed by atoms with Crippen LogP contribution < -0.4 is 5.43 Å². The fourth-order valence-corrected chi connectivity index (χ4v) is 1.44. The van der Waals surface area contributed by atoms with Crippen LogP contribution in [0.25, 0.3) is 0 Å². The molecule has 13 heavy (non-hydrogen) atoms. The van der Waals surface area contributed by atoms with Crippen molar-refractivity contribution in [2.45, 2.75) is 19.8 Å². The first-order valence-electron chi connectivity index (χ1n) is 4.54. The van der Waals surface area contributed by atoms with Gasteiger partial charge in [-0.1, -0.05) is 6.92 Å². The summed E-state index contributed by atoms with van der Waals surface area (Å²) in [5.41, 5.74) is 4.20. The molecular weight excluding hydrogens is 164 g/mol. The molecule has 0 spiro atoms. The largest absolute Gasteiger partial charge is 0.319 e. The second-order valence-corrected chi connectivity index (χ2v) is 3.67.